The van der Waals surface area contributed by atoms with Crippen molar-refractivity contribution in [1.29, 1.82) is 0 Å². The van der Waals surface area contributed by atoms with Crippen molar-refractivity contribution >= 4 is 11.9 Å². The molecular weight excluding hydrogens is 346 g/mol. The Hall–Kier alpha value is -2.87. The van der Waals surface area contributed by atoms with E-state index in [-0.39, 0.29) is 11.9 Å². The number of hydrogen-bond acceptors (Lipinski definition) is 5. The van der Waals surface area contributed by atoms with Crippen molar-refractivity contribution in [3.05, 3.63) is 53.4 Å². The van der Waals surface area contributed by atoms with E-state index in [1.165, 1.54) is 0 Å². The first-order valence-electron chi connectivity index (χ1n) is 9.12. The van der Waals surface area contributed by atoms with Crippen LogP contribution in [0.5, 0.6) is 0 Å². The van der Waals surface area contributed by atoms with Crippen LogP contribution < -0.4 is 10.6 Å². The molecule has 0 saturated carbocycles. The zero-order chi connectivity index (χ0) is 19.1. The maximum absolute atomic E-state index is 12.3. The number of carbonyl (C=O) groups is 2. The van der Waals surface area contributed by atoms with Gasteiger partial charge in [-0.1, -0.05) is 35.5 Å². The fraction of sp³-hybridized carbons (Fsp3) is 0.421. The third kappa shape index (κ3) is 5.55. The average molecular weight is 371 g/mol. The summed E-state index contributed by atoms with van der Waals surface area (Å²) in [7, 11) is 0. The summed E-state index contributed by atoms with van der Waals surface area (Å²) in [4.78, 5) is 28.2. The van der Waals surface area contributed by atoms with Crippen molar-refractivity contribution in [2.24, 2.45) is 0 Å². The first-order chi connectivity index (χ1) is 13.1. The van der Waals surface area contributed by atoms with E-state index in [4.69, 9.17) is 4.52 Å². The summed E-state index contributed by atoms with van der Waals surface area (Å²) in [5, 5.41) is 9.49. The zero-order valence-corrected chi connectivity index (χ0v) is 15.5. The van der Waals surface area contributed by atoms with Gasteiger partial charge in [-0.2, -0.15) is 0 Å². The standard InChI is InChI=1S/C19H25N5O3/c1-15-13-17(22-27-15)18(25)24-11-9-23(10-12-24)8-7-20-19(26)21-14-16-5-3-2-4-6-16/h2-6,13H,7-12,14H2,1H3,(H2,20,21,26). The third-order valence-electron chi connectivity index (χ3n) is 4.52. The Kier molecular flexibility index (Phi) is 6.43. The van der Waals surface area contributed by atoms with Crippen molar-refractivity contribution < 1.29 is 14.1 Å². The van der Waals surface area contributed by atoms with E-state index >= 15 is 0 Å². The number of aryl methyl sites for hydroxylation is 1. The second-order valence-electron chi connectivity index (χ2n) is 6.55. The van der Waals surface area contributed by atoms with Crippen LogP contribution >= 0.6 is 0 Å². The van der Waals surface area contributed by atoms with Crippen LogP contribution in [0.4, 0.5) is 4.79 Å². The highest BCUT2D eigenvalue weighted by Crippen LogP contribution is 2.09. The number of urea groups is 1. The fourth-order valence-electron chi connectivity index (χ4n) is 2.97. The van der Waals surface area contributed by atoms with Crippen LogP contribution in [0.15, 0.2) is 40.9 Å². The Balaban J connectivity index is 1.31. The maximum atomic E-state index is 12.3. The van der Waals surface area contributed by atoms with E-state index in [0.29, 0.717) is 37.6 Å². The minimum atomic E-state index is -0.172. The first kappa shape index (κ1) is 18.9. The number of carbonyl (C=O) groups excluding carboxylic acids is 2. The molecule has 1 aliphatic heterocycles. The van der Waals surface area contributed by atoms with Crippen molar-refractivity contribution in [1.82, 2.24) is 25.6 Å². The van der Waals surface area contributed by atoms with E-state index in [0.717, 1.165) is 25.2 Å². The predicted molar refractivity (Wildman–Crippen MR) is 100 cm³/mol. The van der Waals surface area contributed by atoms with Gasteiger partial charge in [-0.15, -0.1) is 0 Å². The van der Waals surface area contributed by atoms with Crippen LogP contribution in [0.2, 0.25) is 0 Å². The molecule has 1 aromatic heterocycles. The molecule has 3 rings (SSSR count). The lowest BCUT2D eigenvalue weighted by molar-refractivity contribution is 0.0629. The Morgan fingerprint density at radius 1 is 1.11 bits per heavy atom. The normalized spacial score (nSPS) is 14.8. The monoisotopic (exact) mass is 371 g/mol. The van der Waals surface area contributed by atoms with Gasteiger partial charge in [0.25, 0.3) is 5.91 Å². The van der Waals surface area contributed by atoms with Crippen LogP contribution in [0.25, 0.3) is 0 Å². The zero-order valence-electron chi connectivity index (χ0n) is 15.5. The summed E-state index contributed by atoms with van der Waals surface area (Å²) in [6.45, 7) is 6.43. The molecule has 8 nitrogen and oxygen atoms in total. The van der Waals surface area contributed by atoms with E-state index in [9.17, 15) is 9.59 Å². The quantitative estimate of drug-likeness (QED) is 0.797. The van der Waals surface area contributed by atoms with Gasteiger partial charge in [0.15, 0.2) is 5.69 Å². The van der Waals surface area contributed by atoms with Gasteiger partial charge >= 0.3 is 6.03 Å². The fourth-order valence-corrected chi connectivity index (χ4v) is 2.97. The first-order valence-corrected chi connectivity index (χ1v) is 9.12. The summed E-state index contributed by atoms with van der Waals surface area (Å²) >= 11 is 0. The molecule has 8 heteroatoms. The molecule has 0 radical (unpaired) electrons. The van der Waals surface area contributed by atoms with Crippen LogP contribution in [0.1, 0.15) is 21.8 Å². The Labute approximate surface area is 158 Å². The molecule has 0 aliphatic carbocycles. The minimum absolute atomic E-state index is 0.0927. The second-order valence-corrected chi connectivity index (χ2v) is 6.55. The number of amides is 3. The molecular formula is C19H25N5O3. The van der Waals surface area contributed by atoms with Crippen LogP contribution in [-0.2, 0) is 6.54 Å². The third-order valence-corrected chi connectivity index (χ3v) is 4.52. The van der Waals surface area contributed by atoms with Gasteiger partial charge in [0, 0.05) is 51.9 Å². The summed E-state index contributed by atoms with van der Waals surface area (Å²) in [6, 6.07) is 11.3. The topological polar surface area (TPSA) is 90.7 Å². The number of nitrogens with one attached hydrogen (secondary N) is 2. The van der Waals surface area contributed by atoms with Gasteiger partial charge in [0.1, 0.15) is 5.76 Å². The average Bonchev–Trinajstić information content (AvgIpc) is 3.13. The summed E-state index contributed by atoms with van der Waals surface area (Å²) < 4.78 is 4.97. The van der Waals surface area contributed by atoms with Gasteiger partial charge in [-0.3, -0.25) is 9.69 Å². The van der Waals surface area contributed by atoms with Gasteiger partial charge in [0.05, 0.1) is 0 Å². The molecule has 2 heterocycles. The largest absolute Gasteiger partial charge is 0.361 e. The van der Waals surface area contributed by atoms with Crippen molar-refractivity contribution in [3.8, 4) is 0 Å². The molecule has 144 valence electrons. The molecule has 1 saturated heterocycles. The maximum Gasteiger partial charge on any atom is 0.315 e. The van der Waals surface area contributed by atoms with Gasteiger partial charge in [-0.05, 0) is 12.5 Å². The number of benzene rings is 1. The van der Waals surface area contributed by atoms with E-state index < -0.39 is 0 Å². The molecule has 3 amide bonds. The lowest BCUT2D eigenvalue weighted by Gasteiger charge is -2.34. The number of nitrogens with zero attached hydrogens (tertiary/aromatic N) is 3. The minimum Gasteiger partial charge on any atom is -0.361 e. The lowest BCUT2D eigenvalue weighted by Crippen LogP contribution is -2.50. The number of rotatable bonds is 6. The molecule has 1 aliphatic rings. The van der Waals surface area contributed by atoms with E-state index in [1.54, 1.807) is 17.9 Å². The van der Waals surface area contributed by atoms with E-state index in [1.807, 2.05) is 30.3 Å². The number of aromatic nitrogens is 1. The molecule has 0 bridgehead atoms. The molecule has 2 N–H and O–H groups in total. The Bertz CT molecular complexity index is 754. The lowest BCUT2D eigenvalue weighted by atomic mass is 10.2. The Morgan fingerprint density at radius 2 is 1.85 bits per heavy atom. The van der Waals surface area contributed by atoms with Crippen LogP contribution in [-0.4, -0.2) is 66.2 Å². The predicted octanol–water partition coefficient (Wildman–Crippen LogP) is 1.24. The SMILES string of the molecule is Cc1cc(C(=O)N2CCN(CCNC(=O)NCc3ccccc3)CC2)no1. The number of hydrogen-bond donors (Lipinski definition) is 2. The Morgan fingerprint density at radius 3 is 2.52 bits per heavy atom. The molecule has 0 unspecified atom stereocenters. The van der Waals surface area contributed by atoms with Gasteiger partial charge < -0.3 is 20.1 Å². The summed E-state index contributed by atoms with van der Waals surface area (Å²) in [6.07, 6.45) is 0. The molecule has 0 spiro atoms. The highest BCUT2D eigenvalue weighted by atomic mass is 16.5. The highest BCUT2D eigenvalue weighted by molar-refractivity contribution is 5.92. The molecule has 1 aromatic carbocycles. The van der Waals surface area contributed by atoms with E-state index in [2.05, 4.69) is 20.7 Å². The summed E-state index contributed by atoms with van der Waals surface area (Å²) in [5.74, 6) is 0.540. The summed E-state index contributed by atoms with van der Waals surface area (Å²) in [5.41, 5.74) is 1.42. The van der Waals surface area contributed by atoms with Crippen LogP contribution in [0.3, 0.4) is 0 Å². The van der Waals surface area contributed by atoms with Crippen molar-refractivity contribution in [2.45, 2.75) is 13.5 Å². The van der Waals surface area contributed by atoms with Gasteiger partial charge in [0.2, 0.25) is 0 Å². The van der Waals surface area contributed by atoms with Crippen LogP contribution in [0, 0.1) is 6.92 Å². The molecule has 2 aromatic rings. The highest BCUT2D eigenvalue weighted by Gasteiger charge is 2.24. The molecule has 0 atom stereocenters. The van der Waals surface area contributed by atoms with Crippen molar-refractivity contribution in [2.75, 3.05) is 39.3 Å². The molecule has 27 heavy (non-hydrogen) atoms. The smallest absolute Gasteiger partial charge is 0.315 e. The van der Waals surface area contributed by atoms with Crippen molar-refractivity contribution in [3.63, 3.8) is 0 Å². The second kappa shape index (κ2) is 9.18. The molecule has 1 fully saturated rings. The number of piperazine rings is 1. The van der Waals surface area contributed by atoms with Gasteiger partial charge in [-0.25, -0.2) is 4.79 Å².